The zero-order valence-electron chi connectivity index (χ0n) is 16.5. The molecule has 0 amide bonds. The van der Waals surface area contributed by atoms with Crippen LogP contribution in [0.3, 0.4) is 0 Å². The fourth-order valence-electron chi connectivity index (χ4n) is 3.78. The summed E-state index contributed by atoms with van der Waals surface area (Å²) in [5.74, 6) is 1.01. The van der Waals surface area contributed by atoms with Gasteiger partial charge in [-0.2, -0.15) is 4.98 Å². The van der Waals surface area contributed by atoms with Gasteiger partial charge in [-0.05, 0) is 36.6 Å². The summed E-state index contributed by atoms with van der Waals surface area (Å²) in [4.78, 5) is 13.3. The van der Waals surface area contributed by atoms with Gasteiger partial charge in [0.15, 0.2) is 0 Å². The maximum absolute atomic E-state index is 8.85. The highest BCUT2D eigenvalue weighted by Crippen LogP contribution is 2.33. The Balaban J connectivity index is 1.43. The molecule has 1 aliphatic carbocycles. The molecular weight excluding hydrogens is 384 g/mol. The molecule has 9 heteroatoms. The average Bonchev–Trinajstić information content (AvgIpc) is 3.18. The Kier molecular flexibility index (Phi) is 4.89. The number of benzene rings is 1. The van der Waals surface area contributed by atoms with E-state index in [4.69, 9.17) is 14.6 Å². The van der Waals surface area contributed by atoms with Crippen molar-refractivity contribution in [1.82, 2.24) is 24.6 Å². The number of ether oxygens (including phenoxy) is 2. The summed E-state index contributed by atoms with van der Waals surface area (Å²) in [7, 11) is 1.61. The molecule has 30 heavy (non-hydrogen) atoms. The number of aliphatic hydroxyl groups excluding tert-OH is 1. The number of methoxy groups -OCH3 is 1. The first kappa shape index (κ1) is 18.7. The Labute approximate surface area is 172 Å². The van der Waals surface area contributed by atoms with Crippen LogP contribution >= 0.6 is 0 Å². The average molecular weight is 406 g/mol. The standard InChI is InChI=1S/C21H22N6O3/c1-29-20-19-16(13-2-3-17-18(10-13)23-6-5-22-17)4-7-27(19)26-21(25-20)24-14-11-15(12-14)30-9-8-28/h2-7,10,14-15,28H,8-9,11-12H2,1H3,(H,24,26)/t14-,15+. The van der Waals surface area contributed by atoms with Crippen LogP contribution in [0.15, 0.2) is 42.9 Å². The number of anilines is 1. The van der Waals surface area contributed by atoms with Crippen molar-refractivity contribution >= 4 is 22.5 Å². The van der Waals surface area contributed by atoms with Crippen molar-refractivity contribution in [3.05, 3.63) is 42.9 Å². The molecule has 0 spiro atoms. The van der Waals surface area contributed by atoms with Gasteiger partial charge < -0.3 is 19.9 Å². The normalized spacial score (nSPS) is 18.5. The van der Waals surface area contributed by atoms with Gasteiger partial charge in [-0.25, -0.2) is 4.52 Å². The highest BCUT2D eigenvalue weighted by Gasteiger charge is 2.30. The van der Waals surface area contributed by atoms with Gasteiger partial charge in [0.1, 0.15) is 5.52 Å². The summed E-state index contributed by atoms with van der Waals surface area (Å²) in [5, 5.41) is 16.8. The third-order valence-electron chi connectivity index (χ3n) is 5.33. The van der Waals surface area contributed by atoms with E-state index in [9.17, 15) is 0 Å². The quantitative estimate of drug-likeness (QED) is 0.482. The predicted molar refractivity (Wildman–Crippen MR) is 112 cm³/mol. The number of hydrogen-bond acceptors (Lipinski definition) is 8. The molecule has 4 aromatic rings. The molecule has 0 atom stereocenters. The van der Waals surface area contributed by atoms with Crippen molar-refractivity contribution < 1.29 is 14.6 Å². The molecule has 3 heterocycles. The zero-order chi connectivity index (χ0) is 20.5. The van der Waals surface area contributed by atoms with Gasteiger partial charge in [0, 0.05) is 30.2 Å². The summed E-state index contributed by atoms with van der Waals surface area (Å²) >= 11 is 0. The van der Waals surface area contributed by atoms with Crippen LogP contribution in [0.25, 0.3) is 27.7 Å². The Morgan fingerprint density at radius 2 is 2.00 bits per heavy atom. The largest absolute Gasteiger partial charge is 0.479 e. The molecule has 0 aliphatic heterocycles. The van der Waals surface area contributed by atoms with E-state index in [1.54, 1.807) is 24.0 Å². The van der Waals surface area contributed by atoms with Crippen LogP contribution in [0.1, 0.15) is 12.8 Å². The summed E-state index contributed by atoms with van der Waals surface area (Å²) in [6.45, 7) is 0.422. The van der Waals surface area contributed by atoms with E-state index in [1.807, 2.05) is 30.5 Å². The second kappa shape index (κ2) is 7.85. The fourth-order valence-corrected chi connectivity index (χ4v) is 3.78. The van der Waals surface area contributed by atoms with E-state index in [0.29, 0.717) is 18.4 Å². The third-order valence-corrected chi connectivity index (χ3v) is 5.33. The van der Waals surface area contributed by atoms with E-state index in [-0.39, 0.29) is 18.8 Å². The summed E-state index contributed by atoms with van der Waals surface area (Å²) in [5.41, 5.74) is 4.43. The smallest absolute Gasteiger partial charge is 0.244 e. The van der Waals surface area contributed by atoms with E-state index < -0.39 is 0 Å². The second-order valence-corrected chi connectivity index (χ2v) is 7.26. The van der Waals surface area contributed by atoms with Crippen molar-refractivity contribution in [2.75, 3.05) is 25.6 Å². The molecule has 9 nitrogen and oxygen atoms in total. The van der Waals surface area contributed by atoms with Gasteiger partial charge in [0.05, 0.1) is 37.5 Å². The molecule has 154 valence electrons. The minimum Gasteiger partial charge on any atom is -0.479 e. The van der Waals surface area contributed by atoms with Crippen LogP contribution in [0.2, 0.25) is 0 Å². The minimum atomic E-state index is 0.0469. The highest BCUT2D eigenvalue weighted by molar-refractivity contribution is 5.89. The first-order valence-electron chi connectivity index (χ1n) is 9.88. The number of nitrogens with zero attached hydrogens (tertiary/aromatic N) is 5. The maximum atomic E-state index is 8.85. The lowest BCUT2D eigenvalue weighted by atomic mass is 9.89. The molecule has 2 N–H and O–H groups in total. The fraction of sp³-hybridized carbons (Fsp3) is 0.333. The molecule has 5 rings (SSSR count). The molecule has 1 saturated carbocycles. The number of fused-ring (bicyclic) bond motifs is 2. The number of hydrogen-bond donors (Lipinski definition) is 2. The predicted octanol–water partition coefficient (Wildman–Crippen LogP) is 2.30. The van der Waals surface area contributed by atoms with Gasteiger partial charge in [0.25, 0.3) is 0 Å². The van der Waals surface area contributed by atoms with E-state index in [0.717, 1.165) is 40.5 Å². The Morgan fingerprint density at radius 3 is 2.80 bits per heavy atom. The first-order chi connectivity index (χ1) is 14.7. The molecule has 0 radical (unpaired) electrons. The first-order valence-corrected chi connectivity index (χ1v) is 9.88. The SMILES string of the molecule is COc1nc(N[C@H]2C[C@@H](OCCO)C2)nn2ccc(-c3ccc4nccnc4c3)c12. The van der Waals surface area contributed by atoms with Gasteiger partial charge >= 0.3 is 0 Å². The minimum absolute atomic E-state index is 0.0469. The molecule has 0 unspecified atom stereocenters. The van der Waals surface area contributed by atoms with Crippen molar-refractivity contribution in [2.45, 2.75) is 25.0 Å². The maximum Gasteiger partial charge on any atom is 0.244 e. The number of aliphatic hydroxyl groups is 1. The second-order valence-electron chi connectivity index (χ2n) is 7.26. The Morgan fingerprint density at radius 1 is 1.17 bits per heavy atom. The summed E-state index contributed by atoms with van der Waals surface area (Å²) in [6.07, 6.45) is 7.16. The van der Waals surface area contributed by atoms with E-state index in [1.165, 1.54) is 0 Å². The molecule has 1 aromatic carbocycles. The number of rotatable bonds is 7. The van der Waals surface area contributed by atoms with Gasteiger partial charge in [-0.15, -0.1) is 5.10 Å². The van der Waals surface area contributed by atoms with Crippen molar-refractivity contribution in [1.29, 1.82) is 0 Å². The van der Waals surface area contributed by atoms with Crippen molar-refractivity contribution in [3.63, 3.8) is 0 Å². The van der Waals surface area contributed by atoms with E-state index >= 15 is 0 Å². The number of aromatic nitrogens is 5. The lowest BCUT2D eigenvalue weighted by molar-refractivity contribution is -0.0196. The molecule has 1 aliphatic rings. The lowest BCUT2D eigenvalue weighted by Crippen LogP contribution is -2.41. The molecule has 3 aromatic heterocycles. The van der Waals surface area contributed by atoms with Crippen molar-refractivity contribution in [3.8, 4) is 17.0 Å². The van der Waals surface area contributed by atoms with Gasteiger partial charge in [-0.1, -0.05) is 6.07 Å². The number of nitrogens with one attached hydrogen (secondary N) is 1. The molecular formula is C21H22N6O3. The summed E-state index contributed by atoms with van der Waals surface area (Å²) in [6, 6.07) is 8.21. The van der Waals surface area contributed by atoms with Gasteiger partial charge in [0.2, 0.25) is 11.8 Å². The third kappa shape index (κ3) is 3.42. The van der Waals surface area contributed by atoms with Crippen LogP contribution in [-0.4, -0.2) is 62.1 Å². The summed E-state index contributed by atoms with van der Waals surface area (Å²) < 4.78 is 12.9. The Bertz CT molecular complexity index is 1190. The van der Waals surface area contributed by atoms with Crippen LogP contribution in [-0.2, 0) is 4.74 Å². The highest BCUT2D eigenvalue weighted by atomic mass is 16.5. The zero-order valence-corrected chi connectivity index (χ0v) is 16.5. The monoisotopic (exact) mass is 406 g/mol. The van der Waals surface area contributed by atoms with Crippen molar-refractivity contribution in [2.24, 2.45) is 0 Å². The van der Waals surface area contributed by atoms with Crippen LogP contribution in [0, 0.1) is 0 Å². The topological polar surface area (TPSA) is 107 Å². The molecule has 0 bridgehead atoms. The van der Waals surface area contributed by atoms with Crippen LogP contribution in [0.5, 0.6) is 5.88 Å². The lowest BCUT2D eigenvalue weighted by Gasteiger charge is -2.35. The van der Waals surface area contributed by atoms with Crippen LogP contribution < -0.4 is 10.1 Å². The van der Waals surface area contributed by atoms with E-state index in [2.05, 4.69) is 25.4 Å². The van der Waals surface area contributed by atoms with Gasteiger partial charge in [-0.3, -0.25) is 9.97 Å². The molecule has 0 saturated heterocycles. The Hall–Kier alpha value is -3.30. The van der Waals surface area contributed by atoms with Crippen LogP contribution in [0.4, 0.5) is 5.95 Å². The molecule has 1 fully saturated rings.